The van der Waals surface area contributed by atoms with Crippen molar-refractivity contribution < 1.29 is 19.4 Å². The van der Waals surface area contributed by atoms with Gasteiger partial charge in [0.2, 0.25) is 0 Å². The number of hydrogen-bond donors (Lipinski definition) is 1. The Morgan fingerprint density at radius 3 is 1.66 bits per heavy atom. The molecule has 3 aromatic rings. The van der Waals surface area contributed by atoms with E-state index >= 15 is 0 Å². The fourth-order valence-corrected chi connectivity index (χ4v) is 3.52. The zero-order valence-corrected chi connectivity index (χ0v) is 15.8. The van der Waals surface area contributed by atoms with Crippen LogP contribution >= 0.6 is 0 Å². The molecule has 1 N–H and O–H groups in total. The number of nitrogens with zero attached hydrogens (tertiary/aromatic N) is 1. The fraction of sp³-hybridized carbons (Fsp3) is 0.167. The zero-order chi connectivity index (χ0) is 20.2. The molecule has 1 atom stereocenters. The third-order valence-electron chi connectivity index (χ3n) is 4.93. The van der Waals surface area contributed by atoms with Crippen LogP contribution in [0.15, 0.2) is 84.9 Å². The molecule has 5 heteroatoms. The number of fused-ring (bicyclic) bond motifs is 1. The van der Waals surface area contributed by atoms with Crippen molar-refractivity contribution in [3.63, 3.8) is 0 Å². The minimum absolute atomic E-state index is 0.0120. The SMILES string of the molecule is O=C1c2ccccc2C(=O)N1C[C@@H](O)COC(c1ccccc1)c1ccccc1. The summed E-state index contributed by atoms with van der Waals surface area (Å²) in [5.74, 6) is -0.764. The number of amides is 2. The lowest BCUT2D eigenvalue weighted by Crippen LogP contribution is -2.39. The standard InChI is InChI=1S/C24H21NO4/c26-19(15-25-23(27)20-13-7-8-14-21(20)24(25)28)16-29-22(17-9-3-1-4-10-17)18-11-5-2-6-12-18/h1-14,19,22,26H,15-16H2/t19-/m1/s1. The molecule has 0 spiro atoms. The number of carbonyl (C=O) groups excluding carboxylic acids is 2. The Hall–Kier alpha value is -3.28. The first-order valence-electron chi connectivity index (χ1n) is 9.50. The van der Waals surface area contributed by atoms with Crippen LogP contribution in [0.5, 0.6) is 0 Å². The monoisotopic (exact) mass is 387 g/mol. The maximum atomic E-state index is 12.5. The molecule has 29 heavy (non-hydrogen) atoms. The van der Waals surface area contributed by atoms with Crippen molar-refractivity contribution in [1.29, 1.82) is 0 Å². The lowest BCUT2D eigenvalue weighted by molar-refractivity contribution is -0.00472. The average Bonchev–Trinajstić information content (AvgIpc) is 3.00. The van der Waals surface area contributed by atoms with Gasteiger partial charge in [0, 0.05) is 0 Å². The summed E-state index contributed by atoms with van der Waals surface area (Å²) in [5.41, 5.74) is 2.67. The molecule has 4 rings (SSSR count). The van der Waals surface area contributed by atoms with Crippen LogP contribution in [0.1, 0.15) is 37.9 Å². The first-order valence-corrected chi connectivity index (χ1v) is 9.50. The maximum absolute atomic E-state index is 12.5. The van der Waals surface area contributed by atoms with Gasteiger partial charge in [0.05, 0.1) is 30.4 Å². The van der Waals surface area contributed by atoms with Crippen molar-refractivity contribution in [3.05, 3.63) is 107 Å². The Labute approximate surface area is 169 Å². The van der Waals surface area contributed by atoms with Crippen LogP contribution in [0.3, 0.4) is 0 Å². The summed E-state index contributed by atoms with van der Waals surface area (Å²) in [7, 11) is 0. The Kier molecular flexibility index (Phi) is 5.51. The summed E-state index contributed by atoms with van der Waals surface area (Å²) in [6.45, 7) is -0.121. The predicted octanol–water partition coefficient (Wildman–Crippen LogP) is 3.45. The molecule has 0 bridgehead atoms. The molecule has 0 radical (unpaired) electrons. The largest absolute Gasteiger partial charge is 0.389 e. The van der Waals surface area contributed by atoms with Gasteiger partial charge in [-0.05, 0) is 23.3 Å². The third kappa shape index (κ3) is 3.97. The van der Waals surface area contributed by atoms with Gasteiger partial charge in [-0.2, -0.15) is 0 Å². The molecule has 0 unspecified atom stereocenters. The van der Waals surface area contributed by atoms with Gasteiger partial charge < -0.3 is 9.84 Å². The number of hydrogen-bond acceptors (Lipinski definition) is 4. The predicted molar refractivity (Wildman–Crippen MR) is 108 cm³/mol. The van der Waals surface area contributed by atoms with E-state index in [9.17, 15) is 14.7 Å². The highest BCUT2D eigenvalue weighted by atomic mass is 16.5. The second-order valence-corrected chi connectivity index (χ2v) is 6.96. The lowest BCUT2D eigenvalue weighted by Gasteiger charge is -2.23. The van der Waals surface area contributed by atoms with Crippen molar-refractivity contribution in [1.82, 2.24) is 4.90 Å². The van der Waals surface area contributed by atoms with E-state index in [2.05, 4.69) is 0 Å². The molecule has 5 nitrogen and oxygen atoms in total. The first-order chi connectivity index (χ1) is 14.1. The minimum atomic E-state index is -0.993. The van der Waals surface area contributed by atoms with E-state index in [0.29, 0.717) is 11.1 Å². The Morgan fingerprint density at radius 2 is 1.17 bits per heavy atom. The third-order valence-corrected chi connectivity index (χ3v) is 4.93. The smallest absolute Gasteiger partial charge is 0.261 e. The number of benzene rings is 3. The second-order valence-electron chi connectivity index (χ2n) is 6.96. The Bertz CT molecular complexity index is 929. The normalized spacial score (nSPS) is 14.3. The van der Waals surface area contributed by atoms with Crippen LogP contribution in [0.25, 0.3) is 0 Å². The van der Waals surface area contributed by atoms with Crippen LogP contribution in [-0.4, -0.2) is 41.1 Å². The van der Waals surface area contributed by atoms with Crippen LogP contribution < -0.4 is 0 Å². The number of aliphatic hydroxyl groups excluding tert-OH is 1. The lowest BCUT2D eigenvalue weighted by atomic mass is 10.0. The number of imide groups is 1. The number of ether oxygens (including phenoxy) is 1. The summed E-state index contributed by atoms with van der Waals surface area (Å²) >= 11 is 0. The van der Waals surface area contributed by atoms with E-state index in [1.54, 1.807) is 24.3 Å². The topological polar surface area (TPSA) is 66.8 Å². The molecule has 146 valence electrons. The van der Waals surface area contributed by atoms with Crippen LogP contribution in [0.2, 0.25) is 0 Å². The van der Waals surface area contributed by atoms with Gasteiger partial charge in [0.15, 0.2) is 0 Å². The van der Waals surface area contributed by atoms with E-state index in [1.165, 1.54) is 0 Å². The molecule has 3 aromatic carbocycles. The zero-order valence-electron chi connectivity index (χ0n) is 15.8. The van der Waals surface area contributed by atoms with Gasteiger partial charge in [-0.1, -0.05) is 72.8 Å². The molecule has 1 heterocycles. The fourth-order valence-electron chi connectivity index (χ4n) is 3.52. The summed E-state index contributed by atoms with van der Waals surface area (Å²) in [5, 5.41) is 10.5. The minimum Gasteiger partial charge on any atom is -0.389 e. The number of rotatable bonds is 7. The molecule has 0 aliphatic carbocycles. The van der Waals surface area contributed by atoms with E-state index in [-0.39, 0.29) is 31.1 Å². The van der Waals surface area contributed by atoms with E-state index in [4.69, 9.17) is 4.74 Å². The molecular weight excluding hydrogens is 366 g/mol. The van der Waals surface area contributed by atoms with E-state index in [1.807, 2.05) is 60.7 Å². The molecule has 1 aliphatic heterocycles. The van der Waals surface area contributed by atoms with Crippen molar-refractivity contribution in [2.24, 2.45) is 0 Å². The Morgan fingerprint density at radius 1 is 0.724 bits per heavy atom. The van der Waals surface area contributed by atoms with Crippen molar-refractivity contribution in [3.8, 4) is 0 Å². The van der Waals surface area contributed by atoms with E-state index in [0.717, 1.165) is 16.0 Å². The van der Waals surface area contributed by atoms with Gasteiger partial charge in [-0.3, -0.25) is 14.5 Å². The summed E-state index contributed by atoms with van der Waals surface area (Å²) in [6, 6.07) is 26.2. The maximum Gasteiger partial charge on any atom is 0.261 e. The molecule has 2 amide bonds. The average molecular weight is 387 g/mol. The van der Waals surface area contributed by atoms with Gasteiger partial charge in [-0.25, -0.2) is 0 Å². The highest BCUT2D eigenvalue weighted by Crippen LogP contribution is 2.27. The molecule has 0 aromatic heterocycles. The number of β-amino-alcohol motifs (C(OH)–C–C–N with tert-alkyl or cyclic N) is 1. The van der Waals surface area contributed by atoms with Gasteiger partial charge in [0.25, 0.3) is 11.8 Å². The summed E-state index contributed by atoms with van der Waals surface area (Å²) in [6.07, 6.45) is -1.35. The number of carbonyl (C=O) groups is 2. The van der Waals surface area contributed by atoms with Crippen LogP contribution in [0.4, 0.5) is 0 Å². The van der Waals surface area contributed by atoms with Crippen LogP contribution in [0, 0.1) is 0 Å². The van der Waals surface area contributed by atoms with Crippen LogP contribution in [-0.2, 0) is 4.74 Å². The second kappa shape index (κ2) is 8.39. The quantitative estimate of drug-likeness (QED) is 0.631. The summed E-state index contributed by atoms with van der Waals surface area (Å²) in [4.78, 5) is 26.0. The summed E-state index contributed by atoms with van der Waals surface area (Å²) < 4.78 is 6.03. The van der Waals surface area contributed by atoms with Gasteiger partial charge in [-0.15, -0.1) is 0 Å². The molecule has 1 aliphatic rings. The molecule has 0 fully saturated rings. The van der Waals surface area contributed by atoms with Gasteiger partial charge >= 0.3 is 0 Å². The molecule has 0 saturated heterocycles. The van der Waals surface area contributed by atoms with Gasteiger partial charge in [0.1, 0.15) is 6.10 Å². The molecule has 0 saturated carbocycles. The van der Waals surface area contributed by atoms with Crippen molar-refractivity contribution >= 4 is 11.8 Å². The first kappa shape index (κ1) is 19.1. The van der Waals surface area contributed by atoms with Crippen molar-refractivity contribution in [2.75, 3.05) is 13.2 Å². The molecular formula is C24H21NO4. The highest BCUT2D eigenvalue weighted by molar-refractivity contribution is 6.21. The van der Waals surface area contributed by atoms with Crippen molar-refractivity contribution in [2.45, 2.75) is 12.2 Å². The highest BCUT2D eigenvalue weighted by Gasteiger charge is 2.36. The number of aliphatic hydroxyl groups is 1. The van der Waals surface area contributed by atoms with E-state index < -0.39 is 6.10 Å². The Balaban J connectivity index is 1.45.